The summed E-state index contributed by atoms with van der Waals surface area (Å²) in [5.74, 6) is -1.28. The van der Waals surface area contributed by atoms with Gasteiger partial charge in [0.05, 0.1) is 18.6 Å². The molecule has 4 N–H and O–H groups in total. The van der Waals surface area contributed by atoms with Crippen LogP contribution in [0.3, 0.4) is 0 Å². The van der Waals surface area contributed by atoms with Gasteiger partial charge in [0.1, 0.15) is 17.3 Å². The standard InChI is InChI=1S/C31H32FN3O6/c1-18(2)35-25(14-13-23(36)16-24(37)17-27(38)39)28(21-9-11-22(32)12-10-21)29(20-7-5-4-6-8-20)30(35)31(40)33-26-15-19(3)41-34-26/h4-15,18,23-24,36-37H,16-17H2,1-3H3,(H,38,39)(H,33,34,40)/t23-,24?/m1/s1. The van der Waals surface area contributed by atoms with Gasteiger partial charge < -0.3 is 29.7 Å². The molecule has 0 radical (unpaired) electrons. The molecule has 0 saturated heterocycles. The average molecular weight is 562 g/mol. The van der Waals surface area contributed by atoms with Crippen molar-refractivity contribution < 1.29 is 33.8 Å². The van der Waals surface area contributed by atoms with Crippen LogP contribution in [0.15, 0.2) is 71.3 Å². The third-order valence-corrected chi connectivity index (χ3v) is 6.44. The number of nitrogens with one attached hydrogen (secondary N) is 1. The minimum Gasteiger partial charge on any atom is -0.481 e. The molecule has 1 amide bonds. The zero-order valence-corrected chi connectivity index (χ0v) is 22.9. The maximum atomic E-state index is 14.0. The molecule has 0 fully saturated rings. The molecule has 4 rings (SSSR count). The van der Waals surface area contributed by atoms with E-state index in [9.17, 15) is 24.2 Å². The molecule has 4 aromatic rings. The fourth-order valence-corrected chi connectivity index (χ4v) is 4.77. The molecule has 9 nitrogen and oxygen atoms in total. The normalized spacial score (nSPS) is 13.0. The smallest absolute Gasteiger partial charge is 0.305 e. The molecule has 2 aromatic carbocycles. The lowest BCUT2D eigenvalue weighted by molar-refractivity contribution is -0.139. The topological polar surface area (TPSA) is 138 Å². The summed E-state index contributed by atoms with van der Waals surface area (Å²) in [7, 11) is 0. The molecular weight excluding hydrogens is 529 g/mol. The number of benzene rings is 2. The van der Waals surface area contributed by atoms with Crippen LogP contribution in [0.4, 0.5) is 10.2 Å². The number of anilines is 1. The fourth-order valence-electron chi connectivity index (χ4n) is 4.77. The van der Waals surface area contributed by atoms with E-state index in [1.165, 1.54) is 18.2 Å². The summed E-state index contributed by atoms with van der Waals surface area (Å²) < 4.78 is 20.9. The molecular formula is C31H32FN3O6. The van der Waals surface area contributed by atoms with Gasteiger partial charge >= 0.3 is 5.97 Å². The lowest BCUT2D eigenvalue weighted by Crippen LogP contribution is -2.20. The van der Waals surface area contributed by atoms with Crippen LogP contribution in [0.5, 0.6) is 0 Å². The van der Waals surface area contributed by atoms with Crippen molar-refractivity contribution in [1.82, 2.24) is 9.72 Å². The number of amides is 1. The van der Waals surface area contributed by atoms with Crippen LogP contribution in [0, 0.1) is 12.7 Å². The highest BCUT2D eigenvalue weighted by Gasteiger charge is 2.30. The number of carboxylic acid groups (broad SMARTS) is 1. The van der Waals surface area contributed by atoms with Crippen LogP contribution in [0.1, 0.15) is 54.7 Å². The Morgan fingerprint density at radius 1 is 1.05 bits per heavy atom. The number of hydrogen-bond acceptors (Lipinski definition) is 6. The van der Waals surface area contributed by atoms with Gasteiger partial charge in [0, 0.05) is 35.3 Å². The van der Waals surface area contributed by atoms with Crippen LogP contribution in [-0.2, 0) is 4.79 Å². The van der Waals surface area contributed by atoms with Crippen LogP contribution in [-0.4, -0.2) is 49.1 Å². The molecule has 0 aliphatic rings. The number of carbonyl (C=O) groups is 2. The van der Waals surface area contributed by atoms with Crippen molar-refractivity contribution >= 4 is 23.8 Å². The molecule has 214 valence electrons. The van der Waals surface area contributed by atoms with Gasteiger partial charge in [0.15, 0.2) is 5.82 Å². The van der Waals surface area contributed by atoms with E-state index < -0.39 is 36.3 Å². The molecule has 1 unspecified atom stereocenters. The van der Waals surface area contributed by atoms with Crippen LogP contribution < -0.4 is 5.32 Å². The first kappa shape index (κ1) is 29.4. The highest BCUT2D eigenvalue weighted by Crippen LogP contribution is 2.42. The lowest BCUT2D eigenvalue weighted by atomic mass is 9.94. The number of nitrogens with zero attached hydrogens (tertiary/aromatic N) is 2. The van der Waals surface area contributed by atoms with E-state index in [0.717, 1.165) is 5.56 Å². The Bertz CT molecular complexity index is 1540. The summed E-state index contributed by atoms with van der Waals surface area (Å²) in [5.41, 5.74) is 3.45. The van der Waals surface area contributed by atoms with Gasteiger partial charge in [-0.25, -0.2) is 4.39 Å². The number of halogens is 1. The first-order chi connectivity index (χ1) is 19.5. The van der Waals surface area contributed by atoms with E-state index in [2.05, 4.69) is 10.5 Å². The lowest BCUT2D eigenvalue weighted by Gasteiger charge is -2.17. The molecule has 41 heavy (non-hydrogen) atoms. The number of aliphatic hydroxyl groups excluding tert-OH is 2. The van der Waals surface area contributed by atoms with E-state index >= 15 is 0 Å². The third kappa shape index (κ3) is 6.97. The van der Waals surface area contributed by atoms with E-state index in [1.54, 1.807) is 31.2 Å². The van der Waals surface area contributed by atoms with E-state index in [-0.39, 0.29) is 18.3 Å². The van der Waals surface area contributed by atoms with E-state index in [1.807, 2.05) is 48.7 Å². The summed E-state index contributed by atoms with van der Waals surface area (Å²) in [5, 5.41) is 36.3. The van der Waals surface area contributed by atoms with Gasteiger partial charge in [-0.1, -0.05) is 53.7 Å². The molecule has 0 saturated carbocycles. The van der Waals surface area contributed by atoms with Crippen molar-refractivity contribution in [2.24, 2.45) is 0 Å². The maximum absolute atomic E-state index is 14.0. The first-order valence-electron chi connectivity index (χ1n) is 13.2. The summed E-state index contributed by atoms with van der Waals surface area (Å²) in [6, 6.07) is 16.6. The molecule has 2 atom stereocenters. The molecule has 2 heterocycles. The van der Waals surface area contributed by atoms with Crippen molar-refractivity contribution in [2.45, 2.75) is 51.9 Å². The number of aliphatic carboxylic acids is 1. The Balaban J connectivity index is 1.95. The van der Waals surface area contributed by atoms with Gasteiger partial charge in [-0.2, -0.15) is 0 Å². The number of rotatable bonds is 11. The number of hydrogen-bond donors (Lipinski definition) is 4. The third-order valence-electron chi connectivity index (χ3n) is 6.44. The van der Waals surface area contributed by atoms with Gasteiger partial charge in [-0.3, -0.25) is 9.59 Å². The zero-order valence-electron chi connectivity index (χ0n) is 22.9. The van der Waals surface area contributed by atoms with Crippen molar-refractivity contribution in [3.8, 4) is 22.3 Å². The van der Waals surface area contributed by atoms with Gasteiger partial charge in [0.2, 0.25) is 0 Å². The summed E-state index contributed by atoms with van der Waals surface area (Å²) in [6.07, 6.45) is -0.0203. The molecule has 0 bridgehead atoms. The number of aryl methyl sites for hydroxylation is 1. The molecule has 0 aliphatic carbocycles. The van der Waals surface area contributed by atoms with Crippen LogP contribution in [0.2, 0.25) is 0 Å². The zero-order chi connectivity index (χ0) is 29.7. The Morgan fingerprint density at radius 2 is 1.71 bits per heavy atom. The van der Waals surface area contributed by atoms with Crippen LogP contribution in [0.25, 0.3) is 28.3 Å². The Kier molecular flexibility index (Phi) is 9.16. The second-order valence-corrected chi connectivity index (χ2v) is 10.0. The summed E-state index contributed by atoms with van der Waals surface area (Å²) >= 11 is 0. The largest absolute Gasteiger partial charge is 0.481 e. The molecule has 10 heteroatoms. The predicted octanol–water partition coefficient (Wildman–Crippen LogP) is 5.69. The maximum Gasteiger partial charge on any atom is 0.305 e. The summed E-state index contributed by atoms with van der Waals surface area (Å²) in [4.78, 5) is 24.9. The van der Waals surface area contributed by atoms with Crippen molar-refractivity contribution in [2.75, 3.05) is 5.32 Å². The van der Waals surface area contributed by atoms with E-state index in [4.69, 9.17) is 9.63 Å². The monoisotopic (exact) mass is 561 g/mol. The number of carboxylic acids is 1. The van der Waals surface area contributed by atoms with Crippen molar-refractivity contribution in [1.29, 1.82) is 0 Å². The molecule has 0 aliphatic heterocycles. The van der Waals surface area contributed by atoms with E-state index in [0.29, 0.717) is 33.8 Å². The first-order valence-corrected chi connectivity index (χ1v) is 13.2. The minimum absolute atomic E-state index is 0.193. The van der Waals surface area contributed by atoms with Crippen molar-refractivity contribution in [3.05, 3.63) is 89.7 Å². The Hall–Kier alpha value is -4.54. The second-order valence-electron chi connectivity index (χ2n) is 10.0. The number of aliphatic hydroxyl groups is 2. The SMILES string of the molecule is Cc1cc(NC(=O)c2c(-c3ccccc3)c(-c3ccc(F)cc3)c(C=C[C@@H](O)CC(O)CC(=O)O)n2C(C)C)no1. The average Bonchev–Trinajstić information content (AvgIpc) is 3.48. The Morgan fingerprint density at radius 3 is 2.29 bits per heavy atom. The molecule has 2 aromatic heterocycles. The summed E-state index contributed by atoms with van der Waals surface area (Å²) in [6.45, 7) is 5.53. The van der Waals surface area contributed by atoms with Crippen LogP contribution >= 0.6 is 0 Å². The van der Waals surface area contributed by atoms with Gasteiger partial charge in [0.25, 0.3) is 5.91 Å². The van der Waals surface area contributed by atoms with Crippen molar-refractivity contribution in [3.63, 3.8) is 0 Å². The minimum atomic E-state index is -1.24. The molecule has 0 spiro atoms. The fraction of sp³-hybridized carbons (Fsp3) is 0.258. The number of aromatic nitrogens is 2. The number of carbonyl (C=O) groups excluding carboxylic acids is 1. The van der Waals surface area contributed by atoms with Gasteiger partial charge in [-0.05, 0) is 50.1 Å². The quantitative estimate of drug-likeness (QED) is 0.185. The highest BCUT2D eigenvalue weighted by atomic mass is 19.1. The Labute approximate surface area is 236 Å². The van der Waals surface area contributed by atoms with Gasteiger partial charge in [-0.15, -0.1) is 0 Å². The highest BCUT2D eigenvalue weighted by molar-refractivity contribution is 6.11. The second kappa shape index (κ2) is 12.8. The predicted molar refractivity (Wildman–Crippen MR) is 153 cm³/mol.